The lowest BCUT2D eigenvalue weighted by molar-refractivity contribution is -0.116. The average Bonchev–Trinajstić information content (AvgIpc) is 2.89. The number of fused-ring (bicyclic) bond motifs is 1. The van der Waals surface area contributed by atoms with Gasteiger partial charge in [-0.25, -0.2) is 0 Å². The lowest BCUT2D eigenvalue weighted by atomic mass is 10.0. The molecule has 0 atom stereocenters. The zero-order valence-electron chi connectivity index (χ0n) is 15.7. The van der Waals surface area contributed by atoms with Gasteiger partial charge in [-0.1, -0.05) is 13.8 Å². The molecular formula is C20H26N4O2. The molecule has 2 amide bonds. The summed E-state index contributed by atoms with van der Waals surface area (Å²) in [6, 6.07) is 5.59. The minimum absolute atomic E-state index is 0.0147. The van der Waals surface area contributed by atoms with E-state index in [0.29, 0.717) is 31.0 Å². The number of benzene rings is 1. The molecular weight excluding hydrogens is 328 g/mol. The molecule has 0 fully saturated rings. The van der Waals surface area contributed by atoms with Gasteiger partial charge in [-0.05, 0) is 42.5 Å². The van der Waals surface area contributed by atoms with Crippen molar-refractivity contribution in [1.29, 1.82) is 0 Å². The number of anilines is 1. The van der Waals surface area contributed by atoms with E-state index in [1.807, 2.05) is 36.3 Å². The summed E-state index contributed by atoms with van der Waals surface area (Å²) in [6.45, 7) is 5.44. The quantitative estimate of drug-likeness (QED) is 0.897. The van der Waals surface area contributed by atoms with Crippen LogP contribution in [0.2, 0.25) is 0 Å². The Hall–Kier alpha value is -2.63. The molecule has 1 aromatic carbocycles. The lowest BCUT2D eigenvalue weighted by Gasteiger charge is -2.24. The van der Waals surface area contributed by atoms with Crippen molar-refractivity contribution in [2.75, 3.05) is 11.9 Å². The van der Waals surface area contributed by atoms with Gasteiger partial charge in [0.1, 0.15) is 0 Å². The normalized spacial score (nSPS) is 13.9. The number of carbonyl (C=O) groups is 2. The first kappa shape index (κ1) is 18.2. The average molecular weight is 354 g/mol. The van der Waals surface area contributed by atoms with E-state index in [1.165, 1.54) is 0 Å². The molecule has 6 nitrogen and oxygen atoms in total. The van der Waals surface area contributed by atoms with Crippen molar-refractivity contribution in [3.8, 4) is 0 Å². The van der Waals surface area contributed by atoms with E-state index in [4.69, 9.17) is 0 Å². The van der Waals surface area contributed by atoms with Crippen molar-refractivity contribution in [3.05, 3.63) is 47.3 Å². The van der Waals surface area contributed by atoms with E-state index >= 15 is 0 Å². The fraction of sp³-hybridized carbons (Fsp3) is 0.450. The van der Waals surface area contributed by atoms with Gasteiger partial charge in [0.2, 0.25) is 5.91 Å². The Bertz CT molecular complexity index is 810. The van der Waals surface area contributed by atoms with Crippen LogP contribution >= 0.6 is 0 Å². The summed E-state index contributed by atoms with van der Waals surface area (Å²) in [5.74, 6) is 0.428. The van der Waals surface area contributed by atoms with Crippen LogP contribution in [0, 0.1) is 5.92 Å². The molecule has 0 spiro atoms. The van der Waals surface area contributed by atoms with Crippen molar-refractivity contribution >= 4 is 17.5 Å². The predicted octanol–water partition coefficient (Wildman–Crippen LogP) is 2.99. The maximum Gasteiger partial charge on any atom is 0.254 e. The SMILES string of the molecule is CC(C)CN(Cc1cnn(C)c1)C(=O)c1ccc2c(c1)CCCC(=O)N2. The van der Waals surface area contributed by atoms with Gasteiger partial charge in [-0.2, -0.15) is 5.10 Å². The van der Waals surface area contributed by atoms with Gasteiger partial charge in [-0.3, -0.25) is 14.3 Å². The Morgan fingerprint density at radius 2 is 2.15 bits per heavy atom. The highest BCUT2D eigenvalue weighted by molar-refractivity contribution is 5.97. The molecule has 1 aliphatic heterocycles. The van der Waals surface area contributed by atoms with Crippen molar-refractivity contribution in [2.24, 2.45) is 13.0 Å². The molecule has 0 unspecified atom stereocenters. The second-order valence-electron chi connectivity index (χ2n) is 7.38. The minimum atomic E-state index is 0.0147. The van der Waals surface area contributed by atoms with Crippen LogP contribution in [-0.4, -0.2) is 33.0 Å². The number of carbonyl (C=O) groups excluding carboxylic acids is 2. The van der Waals surface area contributed by atoms with Crippen LogP contribution in [0.1, 0.15) is 48.2 Å². The number of rotatable bonds is 5. The molecule has 2 heterocycles. The Morgan fingerprint density at radius 3 is 2.85 bits per heavy atom. The highest BCUT2D eigenvalue weighted by Crippen LogP contribution is 2.24. The third-order valence-corrected chi connectivity index (χ3v) is 4.48. The second kappa shape index (κ2) is 7.72. The van der Waals surface area contributed by atoms with Crippen LogP contribution in [0.25, 0.3) is 0 Å². The van der Waals surface area contributed by atoms with Crippen LogP contribution in [0.4, 0.5) is 5.69 Å². The van der Waals surface area contributed by atoms with Gasteiger partial charge in [0.15, 0.2) is 0 Å². The Balaban J connectivity index is 1.84. The Morgan fingerprint density at radius 1 is 1.35 bits per heavy atom. The molecule has 26 heavy (non-hydrogen) atoms. The third-order valence-electron chi connectivity index (χ3n) is 4.48. The predicted molar refractivity (Wildman–Crippen MR) is 101 cm³/mol. The molecule has 0 aliphatic carbocycles. The molecule has 0 bridgehead atoms. The van der Waals surface area contributed by atoms with E-state index in [2.05, 4.69) is 24.3 Å². The summed E-state index contributed by atoms with van der Waals surface area (Å²) in [5.41, 5.74) is 3.55. The first-order valence-electron chi connectivity index (χ1n) is 9.12. The Labute approximate surface area is 154 Å². The summed E-state index contributed by atoms with van der Waals surface area (Å²) in [4.78, 5) is 26.7. The maximum absolute atomic E-state index is 13.1. The third kappa shape index (κ3) is 4.31. The molecule has 138 valence electrons. The van der Waals surface area contributed by atoms with Crippen LogP contribution in [-0.2, 0) is 24.8 Å². The number of amides is 2. The number of hydrogen-bond donors (Lipinski definition) is 1. The molecule has 1 N–H and O–H groups in total. The zero-order valence-corrected chi connectivity index (χ0v) is 15.7. The Kier molecular flexibility index (Phi) is 5.40. The molecule has 3 rings (SSSR count). The van der Waals surface area contributed by atoms with Crippen LogP contribution < -0.4 is 5.32 Å². The van der Waals surface area contributed by atoms with Gasteiger partial charge >= 0.3 is 0 Å². The molecule has 2 aromatic rings. The van der Waals surface area contributed by atoms with Gasteiger partial charge in [0, 0.05) is 49.6 Å². The van der Waals surface area contributed by atoms with Gasteiger partial charge in [0.25, 0.3) is 5.91 Å². The van der Waals surface area contributed by atoms with E-state index in [1.54, 1.807) is 10.9 Å². The van der Waals surface area contributed by atoms with E-state index in [9.17, 15) is 9.59 Å². The number of aromatic nitrogens is 2. The van der Waals surface area contributed by atoms with E-state index < -0.39 is 0 Å². The number of nitrogens with zero attached hydrogens (tertiary/aromatic N) is 3. The number of aryl methyl sites for hydroxylation is 2. The van der Waals surface area contributed by atoms with Crippen molar-refractivity contribution in [1.82, 2.24) is 14.7 Å². The van der Waals surface area contributed by atoms with E-state index in [-0.39, 0.29) is 11.8 Å². The smallest absolute Gasteiger partial charge is 0.254 e. The summed E-state index contributed by atoms with van der Waals surface area (Å²) in [7, 11) is 1.87. The number of nitrogens with one attached hydrogen (secondary N) is 1. The van der Waals surface area contributed by atoms with Crippen LogP contribution in [0.3, 0.4) is 0 Å². The highest BCUT2D eigenvalue weighted by atomic mass is 16.2. The molecule has 6 heteroatoms. The topological polar surface area (TPSA) is 67.2 Å². The molecule has 0 saturated carbocycles. The molecule has 0 saturated heterocycles. The van der Waals surface area contributed by atoms with Crippen molar-refractivity contribution in [2.45, 2.75) is 39.7 Å². The molecule has 1 aromatic heterocycles. The fourth-order valence-corrected chi connectivity index (χ4v) is 3.32. The summed E-state index contributed by atoms with van der Waals surface area (Å²) >= 11 is 0. The minimum Gasteiger partial charge on any atom is -0.334 e. The maximum atomic E-state index is 13.1. The molecule has 1 aliphatic rings. The zero-order chi connectivity index (χ0) is 18.7. The largest absolute Gasteiger partial charge is 0.334 e. The lowest BCUT2D eigenvalue weighted by Crippen LogP contribution is -2.33. The molecule has 0 radical (unpaired) electrons. The summed E-state index contributed by atoms with van der Waals surface area (Å²) in [5, 5.41) is 7.11. The monoisotopic (exact) mass is 354 g/mol. The number of hydrogen-bond acceptors (Lipinski definition) is 3. The van der Waals surface area contributed by atoms with Gasteiger partial charge in [-0.15, -0.1) is 0 Å². The standard InChI is InChI=1S/C20H26N4O2/c1-14(2)11-24(13-15-10-21-23(3)12-15)20(26)17-7-8-18-16(9-17)5-4-6-19(25)22-18/h7-10,12,14H,4-6,11,13H2,1-3H3,(H,22,25). The summed E-state index contributed by atoms with van der Waals surface area (Å²) < 4.78 is 1.75. The fourth-order valence-electron chi connectivity index (χ4n) is 3.32. The van der Waals surface area contributed by atoms with Crippen molar-refractivity contribution < 1.29 is 9.59 Å². The van der Waals surface area contributed by atoms with Crippen molar-refractivity contribution in [3.63, 3.8) is 0 Å². The summed E-state index contributed by atoms with van der Waals surface area (Å²) in [6.07, 6.45) is 5.88. The first-order chi connectivity index (χ1) is 12.4. The first-order valence-corrected chi connectivity index (χ1v) is 9.12. The highest BCUT2D eigenvalue weighted by Gasteiger charge is 2.20. The van der Waals surface area contributed by atoms with E-state index in [0.717, 1.165) is 29.7 Å². The van der Waals surface area contributed by atoms with Crippen LogP contribution in [0.15, 0.2) is 30.6 Å². The van der Waals surface area contributed by atoms with Gasteiger partial charge in [0.05, 0.1) is 6.20 Å². The second-order valence-corrected chi connectivity index (χ2v) is 7.38. The van der Waals surface area contributed by atoms with Gasteiger partial charge < -0.3 is 10.2 Å². The van der Waals surface area contributed by atoms with Crippen LogP contribution in [0.5, 0.6) is 0 Å².